The Morgan fingerprint density at radius 3 is 2.71 bits per heavy atom. The van der Waals surface area contributed by atoms with Crippen molar-refractivity contribution in [2.45, 2.75) is 51.4 Å². The smallest absolute Gasteiger partial charge is 0.434 e. The molecule has 9 nitrogen and oxygen atoms in total. The number of rotatable bonds is 6. The molecule has 1 aliphatic carbocycles. The molecule has 0 atom stereocenters. The Morgan fingerprint density at radius 1 is 1.31 bits per heavy atom. The fraction of sp³-hybridized carbons (Fsp3) is 0.435. The molecule has 3 aromatic rings. The monoisotopic (exact) mass is 491 g/mol. The van der Waals surface area contributed by atoms with E-state index >= 15 is 0 Å². The number of nitrogens with one attached hydrogen (secondary N) is 2. The third-order valence-electron chi connectivity index (χ3n) is 6.07. The highest BCUT2D eigenvalue weighted by molar-refractivity contribution is 5.95. The Morgan fingerprint density at radius 2 is 2.06 bits per heavy atom. The molecular weight excluding hydrogens is 465 g/mol. The summed E-state index contributed by atoms with van der Waals surface area (Å²) in [5, 5.41) is 5.91. The van der Waals surface area contributed by atoms with Crippen LogP contribution in [0, 0.1) is 5.92 Å². The highest BCUT2D eigenvalue weighted by Gasteiger charge is 2.34. The Hall–Kier alpha value is -3.70. The minimum absolute atomic E-state index is 0.0291. The molecule has 0 aliphatic heterocycles. The number of H-pyrrole nitrogens is 1. The van der Waals surface area contributed by atoms with Gasteiger partial charge in [-0.3, -0.25) is 9.20 Å². The Labute approximate surface area is 199 Å². The fourth-order valence-electron chi connectivity index (χ4n) is 4.19. The maximum atomic E-state index is 13.0. The van der Waals surface area contributed by atoms with Crippen molar-refractivity contribution in [2.75, 3.05) is 7.11 Å². The summed E-state index contributed by atoms with van der Waals surface area (Å²) in [5.41, 5.74) is -0.220. The largest absolute Gasteiger partial charge is 0.461 e. The van der Waals surface area contributed by atoms with Crippen LogP contribution in [0.3, 0.4) is 0 Å². The Balaban J connectivity index is 1.36. The number of nitrogens with zero attached hydrogens (tertiary/aromatic N) is 4. The molecule has 1 amide bonds. The number of hydrogen-bond donors (Lipinski definition) is 2. The van der Waals surface area contributed by atoms with Crippen LogP contribution in [-0.4, -0.2) is 45.7 Å². The van der Waals surface area contributed by atoms with Crippen LogP contribution in [0.2, 0.25) is 0 Å². The Kier molecular flexibility index (Phi) is 6.90. The van der Waals surface area contributed by atoms with Gasteiger partial charge >= 0.3 is 17.8 Å². The lowest BCUT2D eigenvalue weighted by Crippen LogP contribution is -2.42. The third-order valence-corrected chi connectivity index (χ3v) is 6.07. The summed E-state index contributed by atoms with van der Waals surface area (Å²) >= 11 is 0. The first-order chi connectivity index (χ1) is 16.7. The number of carbonyl (C=O) groups excluding carboxylic acids is 2. The number of aromatic amines is 1. The summed E-state index contributed by atoms with van der Waals surface area (Å²) < 4.78 is 46.6. The van der Waals surface area contributed by atoms with Crippen LogP contribution in [0.1, 0.15) is 59.3 Å². The highest BCUT2D eigenvalue weighted by atomic mass is 19.4. The van der Waals surface area contributed by atoms with Crippen LogP contribution in [0.4, 0.5) is 19.0 Å². The first-order valence-electron chi connectivity index (χ1n) is 11.3. The lowest BCUT2D eigenvalue weighted by molar-refractivity contribution is -0.749. The maximum Gasteiger partial charge on any atom is 0.434 e. The van der Waals surface area contributed by atoms with Crippen LogP contribution in [0.5, 0.6) is 0 Å². The number of pyridine rings is 1. The van der Waals surface area contributed by atoms with E-state index in [9.17, 15) is 22.8 Å². The van der Waals surface area contributed by atoms with Gasteiger partial charge in [0, 0.05) is 18.5 Å². The molecule has 0 spiro atoms. The summed E-state index contributed by atoms with van der Waals surface area (Å²) in [6, 6.07) is 6.21. The summed E-state index contributed by atoms with van der Waals surface area (Å²) in [6.07, 6.45) is 1.20. The van der Waals surface area contributed by atoms with Crippen molar-refractivity contribution >= 4 is 29.6 Å². The number of carbonyl (C=O) groups is 2. The molecule has 0 radical (unpaired) electrons. The molecule has 35 heavy (non-hydrogen) atoms. The number of aliphatic imine (C=N–C) groups is 1. The molecule has 12 heteroatoms. The van der Waals surface area contributed by atoms with Gasteiger partial charge in [0.2, 0.25) is 0 Å². The number of imidazole rings is 1. The predicted molar refractivity (Wildman–Crippen MR) is 120 cm³/mol. The molecule has 0 bridgehead atoms. The minimum atomic E-state index is -4.52. The number of halogens is 3. The molecule has 4 rings (SSSR count). The van der Waals surface area contributed by atoms with Crippen LogP contribution >= 0.6 is 0 Å². The molecule has 3 heterocycles. The van der Waals surface area contributed by atoms with Gasteiger partial charge in [0.05, 0.1) is 13.2 Å². The summed E-state index contributed by atoms with van der Waals surface area (Å²) in [4.78, 5) is 32.6. The molecule has 1 aliphatic rings. The van der Waals surface area contributed by atoms with E-state index in [2.05, 4.69) is 20.4 Å². The molecule has 1 saturated carbocycles. The highest BCUT2D eigenvalue weighted by Crippen LogP contribution is 2.30. The number of alkyl halides is 3. The van der Waals surface area contributed by atoms with Gasteiger partial charge in [0.1, 0.15) is 11.5 Å². The van der Waals surface area contributed by atoms with Gasteiger partial charge in [-0.25, -0.2) is 14.8 Å². The average Bonchev–Trinajstić information content (AvgIpc) is 3.48. The molecule has 3 aromatic heterocycles. The maximum absolute atomic E-state index is 13.0. The van der Waals surface area contributed by atoms with Crippen LogP contribution in [-0.2, 0) is 17.5 Å². The lowest BCUT2D eigenvalue weighted by atomic mass is 9.86. The van der Waals surface area contributed by atoms with E-state index in [4.69, 9.17) is 4.74 Å². The van der Waals surface area contributed by atoms with Gasteiger partial charge < -0.3 is 10.1 Å². The lowest BCUT2D eigenvalue weighted by Gasteiger charge is -2.26. The second-order valence-corrected chi connectivity index (χ2v) is 8.39. The second kappa shape index (κ2) is 9.88. The number of ether oxygens (including phenoxy) is 1. The number of aromatic nitrogens is 4. The number of aryl methyl sites for hydroxylation is 1. The SMILES string of the molecule is CC[n+]1[nH]c(C(=O)NC2CCC(/C=N/c3cccc4nc(C(F)(F)F)cn34)CC2)cc1C(=O)OC. The zero-order valence-corrected chi connectivity index (χ0v) is 19.3. The number of amides is 1. The van der Waals surface area contributed by atoms with Crippen molar-refractivity contribution in [1.82, 2.24) is 19.8 Å². The number of esters is 1. The van der Waals surface area contributed by atoms with E-state index in [0.717, 1.165) is 31.9 Å². The van der Waals surface area contributed by atoms with E-state index in [0.29, 0.717) is 12.4 Å². The molecule has 1 fully saturated rings. The standard InChI is InChI=1S/C23H25F3N6O3/c1-3-32-17(22(34)35-2)11-16(30-32)21(33)28-15-9-7-14(8-10-15)12-27-19-5-4-6-20-29-18(13-31(19)20)23(24,25)26/h4-6,11-15H,3,7-10H2,1-2H3,(H,28,33)/p+1/b27-12+. The molecule has 2 N–H and O–H groups in total. The average molecular weight is 491 g/mol. The Bertz CT molecular complexity index is 1260. The first kappa shape index (κ1) is 24.4. The van der Waals surface area contributed by atoms with Gasteiger partial charge in [-0.1, -0.05) is 6.07 Å². The van der Waals surface area contributed by atoms with Gasteiger partial charge in [0.15, 0.2) is 17.9 Å². The zero-order valence-electron chi connectivity index (χ0n) is 19.3. The molecular formula is C23H26F3N6O3+. The van der Waals surface area contributed by atoms with E-state index in [1.807, 2.05) is 6.92 Å². The van der Waals surface area contributed by atoms with Crippen LogP contribution in [0.25, 0.3) is 5.65 Å². The van der Waals surface area contributed by atoms with E-state index in [-0.39, 0.29) is 34.9 Å². The van der Waals surface area contributed by atoms with Gasteiger partial charge in [-0.05, 0) is 50.7 Å². The van der Waals surface area contributed by atoms with Gasteiger partial charge in [-0.15, -0.1) is 4.68 Å². The van der Waals surface area contributed by atoms with Crippen molar-refractivity contribution in [1.29, 1.82) is 0 Å². The number of fused-ring (bicyclic) bond motifs is 1. The summed E-state index contributed by atoms with van der Waals surface area (Å²) in [7, 11) is 1.28. The van der Waals surface area contributed by atoms with E-state index < -0.39 is 17.8 Å². The van der Waals surface area contributed by atoms with Crippen molar-refractivity contribution in [2.24, 2.45) is 10.9 Å². The number of methoxy groups -OCH3 is 1. The molecule has 186 valence electrons. The molecule has 0 saturated heterocycles. The van der Waals surface area contributed by atoms with Gasteiger partial charge in [0.25, 0.3) is 5.91 Å². The third kappa shape index (κ3) is 5.36. The predicted octanol–water partition coefficient (Wildman–Crippen LogP) is 3.47. The van der Waals surface area contributed by atoms with Crippen LogP contribution < -0.4 is 10.00 Å². The fourth-order valence-corrected chi connectivity index (χ4v) is 4.19. The van der Waals surface area contributed by atoms with Crippen molar-refractivity contribution in [3.63, 3.8) is 0 Å². The second-order valence-electron chi connectivity index (χ2n) is 8.39. The minimum Gasteiger partial charge on any atom is -0.461 e. The number of hydrogen-bond acceptors (Lipinski definition) is 5. The topological polar surface area (TPSA) is 105 Å². The molecule has 0 aromatic carbocycles. The first-order valence-corrected chi connectivity index (χ1v) is 11.3. The van der Waals surface area contributed by atoms with E-state index in [1.54, 1.807) is 23.0 Å². The van der Waals surface area contributed by atoms with E-state index in [1.165, 1.54) is 23.6 Å². The molecule has 0 unspecified atom stereocenters. The van der Waals surface area contributed by atoms with Crippen LogP contribution in [0.15, 0.2) is 35.5 Å². The van der Waals surface area contributed by atoms with Crippen molar-refractivity contribution in [3.05, 3.63) is 47.5 Å². The normalized spacial score (nSPS) is 18.8. The summed E-state index contributed by atoms with van der Waals surface area (Å²) in [6.45, 7) is 2.32. The summed E-state index contributed by atoms with van der Waals surface area (Å²) in [5.74, 6) is -0.310. The van der Waals surface area contributed by atoms with Crippen molar-refractivity contribution < 1.29 is 32.2 Å². The quantitative estimate of drug-likeness (QED) is 0.313. The van der Waals surface area contributed by atoms with Gasteiger partial charge in [-0.2, -0.15) is 18.3 Å². The van der Waals surface area contributed by atoms with Crippen molar-refractivity contribution in [3.8, 4) is 0 Å². The zero-order chi connectivity index (χ0) is 25.2.